The van der Waals surface area contributed by atoms with Crippen molar-refractivity contribution in [2.45, 2.75) is 40.3 Å². The predicted octanol–water partition coefficient (Wildman–Crippen LogP) is 3.43. The molecule has 0 saturated carbocycles. The van der Waals surface area contributed by atoms with E-state index in [4.69, 9.17) is 0 Å². The van der Waals surface area contributed by atoms with Gasteiger partial charge in [-0.05, 0) is 39.8 Å². The van der Waals surface area contributed by atoms with Crippen LogP contribution in [0.25, 0.3) is 0 Å². The molecule has 92 valence electrons. The summed E-state index contributed by atoms with van der Waals surface area (Å²) in [7, 11) is 0. The molecule has 0 atom stereocenters. The number of nitrogens with one attached hydrogen (secondary N) is 1. The van der Waals surface area contributed by atoms with E-state index in [0.29, 0.717) is 6.04 Å². The molecule has 0 fully saturated rings. The van der Waals surface area contributed by atoms with Gasteiger partial charge >= 0.3 is 0 Å². The Labute approximate surface area is 107 Å². The van der Waals surface area contributed by atoms with Crippen LogP contribution in [0, 0.1) is 13.8 Å². The Balaban J connectivity index is 2.19. The molecule has 2 rings (SSSR count). The molecular formula is C13H19N3S. The van der Waals surface area contributed by atoms with Gasteiger partial charge in [0.15, 0.2) is 0 Å². The molecule has 0 spiro atoms. The second-order valence-corrected chi connectivity index (χ2v) is 6.02. The Morgan fingerprint density at radius 1 is 1.35 bits per heavy atom. The van der Waals surface area contributed by atoms with Crippen molar-refractivity contribution in [2.24, 2.45) is 0 Å². The SMILES string of the molecule is Cc1cn(Cc2ccc(C)s2)c(NC(C)C)n1. The van der Waals surface area contributed by atoms with Gasteiger partial charge in [-0.2, -0.15) is 0 Å². The van der Waals surface area contributed by atoms with Crippen LogP contribution in [0.3, 0.4) is 0 Å². The quantitative estimate of drug-likeness (QED) is 0.899. The smallest absolute Gasteiger partial charge is 0.203 e. The fourth-order valence-electron chi connectivity index (χ4n) is 1.78. The van der Waals surface area contributed by atoms with E-state index in [-0.39, 0.29) is 0 Å². The van der Waals surface area contributed by atoms with Crippen LogP contribution in [0.2, 0.25) is 0 Å². The van der Waals surface area contributed by atoms with Crippen molar-refractivity contribution in [3.8, 4) is 0 Å². The summed E-state index contributed by atoms with van der Waals surface area (Å²) in [6, 6.07) is 4.76. The van der Waals surface area contributed by atoms with Gasteiger partial charge in [-0.15, -0.1) is 11.3 Å². The predicted molar refractivity (Wildman–Crippen MR) is 73.9 cm³/mol. The second kappa shape index (κ2) is 4.92. The van der Waals surface area contributed by atoms with E-state index in [2.05, 4.69) is 54.0 Å². The molecule has 3 nitrogen and oxygen atoms in total. The van der Waals surface area contributed by atoms with Crippen LogP contribution in [-0.4, -0.2) is 15.6 Å². The minimum atomic E-state index is 0.403. The number of nitrogens with zero attached hydrogens (tertiary/aromatic N) is 2. The Morgan fingerprint density at radius 2 is 2.12 bits per heavy atom. The lowest BCUT2D eigenvalue weighted by molar-refractivity contribution is 0.782. The van der Waals surface area contributed by atoms with E-state index in [1.807, 2.05) is 18.3 Å². The number of rotatable bonds is 4. The summed E-state index contributed by atoms with van der Waals surface area (Å²) >= 11 is 1.84. The molecule has 0 aromatic carbocycles. The molecule has 0 aliphatic rings. The Kier molecular flexibility index (Phi) is 3.52. The number of anilines is 1. The number of hydrogen-bond acceptors (Lipinski definition) is 3. The van der Waals surface area contributed by atoms with Gasteiger partial charge in [-0.3, -0.25) is 0 Å². The molecular weight excluding hydrogens is 230 g/mol. The molecule has 0 saturated heterocycles. The lowest BCUT2D eigenvalue weighted by Gasteiger charge is -2.11. The third-order valence-electron chi connectivity index (χ3n) is 2.44. The first-order chi connectivity index (χ1) is 8.04. The monoisotopic (exact) mass is 249 g/mol. The lowest BCUT2D eigenvalue weighted by atomic mass is 10.4. The summed E-state index contributed by atoms with van der Waals surface area (Å²) in [5, 5.41) is 3.38. The first kappa shape index (κ1) is 12.2. The zero-order valence-electron chi connectivity index (χ0n) is 10.8. The van der Waals surface area contributed by atoms with Gasteiger partial charge in [-0.25, -0.2) is 4.98 Å². The molecule has 4 heteroatoms. The third kappa shape index (κ3) is 3.09. The summed E-state index contributed by atoms with van der Waals surface area (Å²) in [5.41, 5.74) is 1.06. The van der Waals surface area contributed by atoms with Crippen LogP contribution in [0.15, 0.2) is 18.3 Å². The molecule has 1 N–H and O–H groups in total. The van der Waals surface area contributed by atoms with Crippen molar-refractivity contribution >= 4 is 17.3 Å². The number of imidazole rings is 1. The van der Waals surface area contributed by atoms with Crippen molar-refractivity contribution < 1.29 is 0 Å². The number of aryl methyl sites for hydroxylation is 2. The van der Waals surface area contributed by atoms with Gasteiger partial charge in [0.2, 0.25) is 5.95 Å². The highest BCUT2D eigenvalue weighted by atomic mass is 32.1. The molecule has 0 amide bonds. The molecule has 2 aromatic heterocycles. The summed E-state index contributed by atoms with van der Waals surface area (Å²) in [6.07, 6.45) is 2.10. The fraction of sp³-hybridized carbons (Fsp3) is 0.462. The lowest BCUT2D eigenvalue weighted by Crippen LogP contribution is -2.14. The third-order valence-corrected chi connectivity index (χ3v) is 3.42. The fourth-order valence-corrected chi connectivity index (χ4v) is 2.67. The summed E-state index contributed by atoms with van der Waals surface area (Å²) < 4.78 is 2.18. The van der Waals surface area contributed by atoms with Gasteiger partial charge in [0, 0.05) is 22.0 Å². The van der Waals surface area contributed by atoms with E-state index in [0.717, 1.165) is 18.2 Å². The normalized spacial score (nSPS) is 11.1. The van der Waals surface area contributed by atoms with E-state index < -0.39 is 0 Å². The number of hydrogen-bond donors (Lipinski definition) is 1. The van der Waals surface area contributed by atoms with Gasteiger partial charge in [0.1, 0.15) is 0 Å². The van der Waals surface area contributed by atoms with E-state index in [1.165, 1.54) is 9.75 Å². The van der Waals surface area contributed by atoms with Gasteiger partial charge < -0.3 is 9.88 Å². The molecule has 0 bridgehead atoms. The summed E-state index contributed by atoms with van der Waals surface area (Å²) in [5.74, 6) is 0.962. The average molecular weight is 249 g/mol. The standard InChI is InChI=1S/C13H19N3S/c1-9(2)14-13-15-10(3)7-16(13)8-12-6-5-11(4)17-12/h5-7,9H,8H2,1-4H3,(H,14,15). The maximum absolute atomic E-state index is 4.51. The van der Waals surface area contributed by atoms with Crippen molar-refractivity contribution in [3.05, 3.63) is 33.8 Å². The molecule has 2 aromatic rings. The van der Waals surface area contributed by atoms with Crippen LogP contribution >= 0.6 is 11.3 Å². The molecule has 0 aliphatic heterocycles. The summed E-state index contributed by atoms with van der Waals surface area (Å²) in [4.78, 5) is 7.23. The topological polar surface area (TPSA) is 29.9 Å². The Bertz CT molecular complexity index is 496. The highest BCUT2D eigenvalue weighted by Crippen LogP contribution is 2.19. The van der Waals surface area contributed by atoms with Crippen molar-refractivity contribution in [2.75, 3.05) is 5.32 Å². The molecule has 0 unspecified atom stereocenters. The second-order valence-electron chi connectivity index (χ2n) is 4.65. The number of thiophene rings is 1. The van der Waals surface area contributed by atoms with Crippen molar-refractivity contribution in [1.82, 2.24) is 9.55 Å². The van der Waals surface area contributed by atoms with E-state index >= 15 is 0 Å². The van der Waals surface area contributed by atoms with Crippen molar-refractivity contribution in [3.63, 3.8) is 0 Å². The maximum Gasteiger partial charge on any atom is 0.203 e. The van der Waals surface area contributed by atoms with Gasteiger partial charge in [-0.1, -0.05) is 0 Å². The highest BCUT2D eigenvalue weighted by Gasteiger charge is 2.08. The highest BCUT2D eigenvalue weighted by molar-refractivity contribution is 7.11. The van der Waals surface area contributed by atoms with Crippen LogP contribution in [-0.2, 0) is 6.54 Å². The Morgan fingerprint density at radius 3 is 2.71 bits per heavy atom. The minimum Gasteiger partial charge on any atom is -0.353 e. The zero-order chi connectivity index (χ0) is 12.4. The maximum atomic E-state index is 4.51. The van der Waals surface area contributed by atoms with Crippen LogP contribution in [0.5, 0.6) is 0 Å². The molecule has 0 aliphatic carbocycles. The minimum absolute atomic E-state index is 0.403. The molecule has 2 heterocycles. The van der Waals surface area contributed by atoms with E-state index in [9.17, 15) is 0 Å². The largest absolute Gasteiger partial charge is 0.353 e. The van der Waals surface area contributed by atoms with Crippen LogP contribution in [0.4, 0.5) is 5.95 Å². The van der Waals surface area contributed by atoms with Gasteiger partial charge in [0.25, 0.3) is 0 Å². The first-order valence-corrected chi connectivity index (χ1v) is 6.72. The van der Waals surface area contributed by atoms with E-state index in [1.54, 1.807) is 0 Å². The van der Waals surface area contributed by atoms with Crippen LogP contribution < -0.4 is 5.32 Å². The Hall–Kier alpha value is -1.29. The average Bonchev–Trinajstić information content (AvgIpc) is 2.74. The van der Waals surface area contributed by atoms with Crippen LogP contribution in [0.1, 0.15) is 29.3 Å². The van der Waals surface area contributed by atoms with Gasteiger partial charge in [0.05, 0.1) is 12.2 Å². The summed E-state index contributed by atoms with van der Waals surface area (Å²) in [6.45, 7) is 9.32. The molecule has 17 heavy (non-hydrogen) atoms. The zero-order valence-corrected chi connectivity index (χ0v) is 11.6. The molecule has 0 radical (unpaired) electrons. The number of aromatic nitrogens is 2. The van der Waals surface area contributed by atoms with Crippen molar-refractivity contribution in [1.29, 1.82) is 0 Å². The first-order valence-electron chi connectivity index (χ1n) is 5.90.